The Morgan fingerprint density at radius 1 is 1.09 bits per heavy atom. The zero-order valence-corrected chi connectivity index (χ0v) is 18.0. The lowest BCUT2D eigenvalue weighted by atomic mass is 9.81. The smallest absolute Gasteiger partial charge is 0.487 e. The molecule has 2 heterocycles. The lowest BCUT2D eigenvalue weighted by Gasteiger charge is -2.47. The molecule has 0 N–H and O–H groups in total. The van der Waals surface area contributed by atoms with Gasteiger partial charge in [-0.05, 0) is 32.0 Å². The molecule has 2 aromatic rings. The summed E-state index contributed by atoms with van der Waals surface area (Å²) in [6.45, 7) is 4.73. The number of benzene rings is 2. The summed E-state index contributed by atoms with van der Waals surface area (Å²) in [5.74, 6) is -0.183. The number of ether oxygens (including phenoxy) is 3. The Morgan fingerprint density at radius 2 is 1.75 bits per heavy atom. The monoisotopic (exact) mass is 449 g/mol. The third-order valence-electron chi connectivity index (χ3n) is 5.89. The summed E-state index contributed by atoms with van der Waals surface area (Å²) in [7, 11) is 0. The fraction of sp³-hybridized carbons (Fsp3) is 0.458. The fourth-order valence-electron chi connectivity index (χ4n) is 4.46. The highest BCUT2D eigenvalue weighted by atomic mass is 19.4. The van der Waals surface area contributed by atoms with Crippen LogP contribution in [-0.2, 0) is 4.74 Å². The third kappa shape index (κ3) is 4.85. The number of carbonyl (C=O) groups is 1. The summed E-state index contributed by atoms with van der Waals surface area (Å²) in [5.41, 5.74) is 0.437. The molecule has 4 rings (SSSR count). The molecular formula is C24H26F3NO4. The van der Waals surface area contributed by atoms with Crippen LogP contribution < -0.4 is 9.47 Å². The molecule has 1 unspecified atom stereocenters. The topological polar surface area (TPSA) is 48.0 Å². The van der Waals surface area contributed by atoms with Crippen LogP contribution in [0.1, 0.15) is 55.1 Å². The van der Waals surface area contributed by atoms with Gasteiger partial charge in [0.1, 0.15) is 17.1 Å². The highest BCUT2D eigenvalue weighted by Crippen LogP contribution is 2.46. The maximum absolute atomic E-state index is 13.0. The number of piperidine rings is 1. The van der Waals surface area contributed by atoms with Gasteiger partial charge in [-0.1, -0.05) is 30.3 Å². The van der Waals surface area contributed by atoms with E-state index in [2.05, 4.69) is 4.74 Å². The van der Waals surface area contributed by atoms with Crippen molar-refractivity contribution >= 4 is 5.91 Å². The minimum Gasteiger partial charge on any atom is -0.487 e. The standard InChI is InChI=1S/C24H26F3NO4/c1-16(2)30-21-15-23(31-19-9-5-3-7-17(19)21)11-13-28(14-12-23)22(29)18-8-4-6-10-20(18)32-24(25,26)27/h3-10,16,21H,11-15H2,1-2H3. The Bertz CT molecular complexity index is 968. The van der Waals surface area contributed by atoms with E-state index in [1.165, 1.54) is 18.2 Å². The molecule has 1 saturated heterocycles. The van der Waals surface area contributed by atoms with Crippen molar-refractivity contribution in [3.63, 3.8) is 0 Å². The molecule has 5 nitrogen and oxygen atoms in total. The second-order valence-electron chi connectivity index (χ2n) is 8.54. The molecule has 0 aliphatic carbocycles. The summed E-state index contributed by atoms with van der Waals surface area (Å²) < 4.78 is 54.8. The van der Waals surface area contributed by atoms with Crippen molar-refractivity contribution in [3.05, 3.63) is 59.7 Å². The number of halogens is 3. The highest BCUT2D eigenvalue weighted by Gasteiger charge is 2.45. The number of likely N-dealkylation sites (tertiary alicyclic amines) is 1. The van der Waals surface area contributed by atoms with E-state index in [9.17, 15) is 18.0 Å². The van der Waals surface area contributed by atoms with E-state index in [0.717, 1.165) is 17.4 Å². The van der Waals surface area contributed by atoms with Gasteiger partial charge in [-0.2, -0.15) is 0 Å². The van der Waals surface area contributed by atoms with Gasteiger partial charge in [0.15, 0.2) is 0 Å². The van der Waals surface area contributed by atoms with E-state index in [4.69, 9.17) is 9.47 Å². The summed E-state index contributed by atoms with van der Waals surface area (Å²) in [6.07, 6.45) is -3.13. The fourth-order valence-corrected chi connectivity index (χ4v) is 4.46. The first-order valence-electron chi connectivity index (χ1n) is 10.7. The van der Waals surface area contributed by atoms with Crippen molar-refractivity contribution in [2.24, 2.45) is 0 Å². The van der Waals surface area contributed by atoms with Gasteiger partial charge in [0.05, 0.1) is 17.8 Å². The Balaban J connectivity index is 1.49. The van der Waals surface area contributed by atoms with E-state index >= 15 is 0 Å². The maximum Gasteiger partial charge on any atom is 0.573 e. The van der Waals surface area contributed by atoms with Crippen LogP contribution in [0.2, 0.25) is 0 Å². The van der Waals surface area contributed by atoms with Crippen LogP contribution in [0.5, 0.6) is 11.5 Å². The summed E-state index contributed by atoms with van der Waals surface area (Å²) >= 11 is 0. The first-order valence-corrected chi connectivity index (χ1v) is 10.7. The highest BCUT2D eigenvalue weighted by molar-refractivity contribution is 5.97. The van der Waals surface area contributed by atoms with Crippen LogP contribution >= 0.6 is 0 Å². The van der Waals surface area contributed by atoms with Crippen molar-refractivity contribution in [2.75, 3.05) is 13.1 Å². The Hall–Kier alpha value is -2.74. The van der Waals surface area contributed by atoms with Crippen LogP contribution in [-0.4, -0.2) is 42.0 Å². The van der Waals surface area contributed by atoms with E-state index in [1.54, 1.807) is 4.90 Å². The largest absolute Gasteiger partial charge is 0.573 e. The van der Waals surface area contributed by atoms with Crippen LogP contribution in [0.25, 0.3) is 0 Å². The van der Waals surface area contributed by atoms with Crippen molar-refractivity contribution in [1.82, 2.24) is 4.90 Å². The minimum absolute atomic E-state index is 0.0509. The molecule has 1 fully saturated rings. The SMILES string of the molecule is CC(C)OC1CC2(CCN(C(=O)c3ccccc3OC(F)(F)F)CC2)Oc2ccccc21. The van der Waals surface area contributed by atoms with E-state index < -0.39 is 23.6 Å². The van der Waals surface area contributed by atoms with Gasteiger partial charge in [-0.25, -0.2) is 0 Å². The number of hydrogen-bond donors (Lipinski definition) is 0. The number of nitrogens with zero attached hydrogens (tertiary/aromatic N) is 1. The van der Waals surface area contributed by atoms with Crippen molar-refractivity contribution in [2.45, 2.75) is 57.3 Å². The van der Waals surface area contributed by atoms with Crippen molar-refractivity contribution < 1.29 is 32.2 Å². The molecule has 0 radical (unpaired) electrons. The predicted octanol–water partition coefficient (Wildman–Crippen LogP) is 5.51. The molecule has 32 heavy (non-hydrogen) atoms. The number of alkyl halides is 3. The van der Waals surface area contributed by atoms with Gasteiger partial charge < -0.3 is 19.1 Å². The van der Waals surface area contributed by atoms with Crippen molar-refractivity contribution in [3.8, 4) is 11.5 Å². The second-order valence-corrected chi connectivity index (χ2v) is 8.54. The van der Waals surface area contributed by atoms with E-state index in [1.807, 2.05) is 38.1 Å². The molecular weight excluding hydrogens is 423 g/mol. The molecule has 0 bridgehead atoms. The number of rotatable bonds is 4. The van der Waals surface area contributed by atoms with Crippen molar-refractivity contribution in [1.29, 1.82) is 0 Å². The first-order chi connectivity index (χ1) is 15.2. The summed E-state index contributed by atoms with van der Waals surface area (Å²) in [4.78, 5) is 14.6. The first kappa shape index (κ1) is 22.5. The van der Waals surface area contributed by atoms with Gasteiger partial charge in [0.2, 0.25) is 0 Å². The van der Waals surface area contributed by atoms with E-state index in [0.29, 0.717) is 32.4 Å². The molecule has 1 amide bonds. The lowest BCUT2D eigenvalue weighted by molar-refractivity contribution is -0.274. The number of para-hydroxylation sites is 2. The maximum atomic E-state index is 13.0. The Kier molecular flexibility index (Phi) is 6.07. The van der Waals surface area contributed by atoms with Crippen LogP contribution in [0.15, 0.2) is 48.5 Å². The van der Waals surface area contributed by atoms with Crippen LogP contribution in [0.3, 0.4) is 0 Å². The molecule has 8 heteroatoms. The summed E-state index contributed by atoms with van der Waals surface area (Å²) in [6, 6.07) is 13.2. The number of amides is 1. The normalized spacial score (nSPS) is 20.1. The van der Waals surface area contributed by atoms with Gasteiger partial charge in [0.25, 0.3) is 5.91 Å². The number of carbonyl (C=O) groups excluding carboxylic acids is 1. The molecule has 0 saturated carbocycles. The van der Waals surface area contributed by atoms with Gasteiger partial charge in [0, 0.05) is 37.9 Å². The third-order valence-corrected chi connectivity index (χ3v) is 5.89. The lowest BCUT2D eigenvalue weighted by Crippen LogP contribution is -2.52. The molecule has 2 aromatic carbocycles. The Morgan fingerprint density at radius 3 is 2.44 bits per heavy atom. The second kappa shape index (κ2) is 8.65. The zero-order valence-electron chi connectivity index (χ0n) is 18.0. The van der Waals surface area contributed by atoms with Crippen LogP contribution in [0, 0.1) is 0 Å². The van der Waals surface area contributed by atoms with E-state index in [-0.39, 0.29) is 17.8 Å². The molecule has 2 aliphatic rings. The molecule has 172 valence electrons. The predicted molar refractivity (Wildman–Crippen MR) is 112 cm³/mol. The van der Waals surface area contributed by atoms with Gasteiger partial charge >= 0.3 is 6.36 Å². The zero-order chi connectivity index (χ0) is 22.9. The van der Waals surface area contributed by atoms with Crippen LogP contribution in [0.4, 0.5) is 13.2 Å². The Labute approximate surface area is 185 Å². The molecule has 1 spiro atoms. The van der Waals surface area contributed by atoms with Gasteiger partial charge in [-0.3, -0.25) is 4.79 Å². The quantitative estimate of drug-likeness (QED) is 0.618. The molecule has 2 aliphatic heterocycles. The molecule has 0 aromatic heterocycles. The average molecular weight is 449 g/mol. The number of hydrogen-bond acceptors (Lipinski definition) is 4. The summed E-state index contributed by atoms with van der Waals surface area (Å²) in [5, 5.41) is 0. The minimum atomic E-state index is -4.86. The number of fused-ring (bicyclic) bond motifs is 1. The molecule has 1 atom stereocenters. The van der Waals surface area contributed by atoms with Gasteiger partial charge in [-0.15, -0.1) is 13.2 Å². The average Bonchev–Trinajstić information content (AvgIpc) is 2.73.